The third kappa shape index (κ3) is 0.491. The molecule has 2 aliphatic carbocycles. The Labute approximate surface area is 59.3 Å². The van der Waals surface area contributed by atoms with Crippen LogP contribution in [-0.2, 0) is 0 Å². The van der Waals surface area contributed by atoms with Gasteiger partial charge >= 0.3 is 0 Å². The van der Waals surface area contributed by atoms with Crippen LogP contribution in [0.25, 0.3) is 0 Å². The van der Waals surface area contributed by atoms with E-state index < -0.39 is 0 Å². The Morgan fingerprint density at radius 1 is 1.30 bits per heavy atom. The quantitative estimate of drug-likeness (QED) is 0.481. The van der Waals surface area contributed by atoms with Crippen LogP contribution in [0.3, 0.4) is 0 Å². The van der Waals surface area contributed by atoms with Crippen LogP contribution in [0.1, 0.15) is 6.42 Å². The highest BCUT2D eigenvalue weighted by Gasteiger charge is 2.38. The summed E-state index contributed by atoms with van der Waals surface area (Å²) in [5.74, 6) is 1.66. The fraction of sp³-hybridized carbons (Fsp3) is 0.500. The van der Waals surface area contributed by atoms with Gasteiger partial charge in [-0.1, -0.05) is 12.2 Å². The smallest absolute Gasteiger partial charge is 0.0872 e. The first kappa shape index (κ1) is 4.83. The van der Waals surface area contributed by atoms with Gasteiger partial charge in [0.25, 0.3) is 0 Å². The first-order chi connectivity index (χ1) is 4.93. The molecule has 1 fully saturated rings. The van der Waals surface area contributed by atoms with Gasteiger partial charge in [0, 0.05) is 0 Å². The zero-order valence-electron chi connectivity index (χ0n) is 5.62. The predicted octanol–water partition coefficient (Wildman–Crippen LogP) is 1.91. The summed E-state index contributed by atoms with van der Waals surface area (Å²) in [5.41, 5.74) is 2.51. The van der Waals surface area contributed by atoms with Crippen molar-refractivity contribution in [1.82, 2.24) is 0 Å². The van der Waals surface area contributed by atoms with Crippen LogP contribution in [0.4, 0.5) is 0 Å². The molecule has 0 radical (unpaired) electrons. The Hall–Kier alpha value is -0.920. The second kappa shape index (κ2) is 1.39. The summed E-state index contributed by atoms with van der Waals surface area (Å²) < 4.78 is 0. The second-order valence-electron chi connectivity index (χ2n) is 3.21. The molecule has 1 aliphatic heterocycles. The van der Waals surface area contributed by atoms with Crippen molar-refractivity contribution in [1.29, 1.82) is 0 Å². The van der Waals surface area contributed by atoms with Crippen LogP contribution in [-0.4, -0.2) is 6.54 Å². The van der Waals surface area contributed by atoms with E-state index in [1.807, 2.05) is 0 Å². The summed E-state index contributed by atoms with van der Waals surface area (Å²) >= 11 is 0. The van der Waals surface area contributed by atoms with Crippen LogP contribution in [0.15, 0.2) is 33.7 Å². The molecule has 0 bridgehead atoms. The van der Waals surface area contributed by atoms with Crippen molar-refractivity contribution in [3.63, 3.8) is 0 Å². The lowest BCUT2D eigenvalue weighted by Gasteiger charge is -2.01. The maximum absolute atomic E-state index is 4.05. The maximum atomic E-state index is 4.05. The normalized spacial score (nSPS) is 40.0. The van der Waals surface area contributed by atoms with Crippen LogP contribution >= 0.6 is 0 Å². The van der Waals surface area contributed by atoms with E-state index in [2.05, 4.69) is 22.4 Å². The van der Waals surface area contributed by atoms with Gasteiger partial charge in [-0.05, 0) is 23.8 Å². The first-order valence-corrected chi connectivity index (χ1v) is 3.74. The minimum Gasteiger partial charge on any atom is -0.184 e. The van der Waals surface area contributed by atoms with Gasteiger partial charge in [0.2, 0.25) is 0 Å². The highest BCUT2D eigenvalue weighted by molar-refractivity contribution is 5.41. The molecule has 3 aliphatic rings. The third-order valence-corrected chi connectivity index (χ3v) is 2.43. The highest BCUT2D eigenvalue weighted by atomic mass is 15.1. The van der Waals surface area contributed by atoms with Crippen molar-refractivity contribution in [2.24, 2.45) is 22.1 Å². The molecule has 2 heteroatoms. The highest BCUT2D eigenvalue weighted by Crippen LogP contribution is 2.47. The summed E-state index contributed by atoms with van der Waals surface area (Å²) in [5, 5.41) is 8.02. The SMILES string of the molecule is C1=C2CN=NC2=CC2CC12. The van der Waals surface area contributed by atoms with Crippen molar-refractivity contribution in [2.45, 2.75) is 6.42 Å². The summed E-state index contributed by atoms with van der Waals surface area (Å²) in [4.78, 5) is 0. The maximum Gasteiger partial charge on any atom is 0.0872 e. The molecule has 0 aromatic carbocycles. The molecule has 1 heterocycles. The molecule has 0 N–H and O–H groups in total. The fourth-order valence-corrected chi connectivity index (χ4v) is 1.69. The van der Waals surface area contributed by atoms with Crippen LogP contribution in [0.2, 0.25) is 0 Å². The lowest BCUT2D eigenvalue weighted by atomic mass is 10.1. The predicted molar refractivity (Wildman–Crippen MR) is 37.5 cm³/mol. The van der Waals surface area contributed by atoms with Gasteiger partial charge in [0.15, 0.2) is 0 Å². The molecule has 0 amide bonds. The van der Waals surface area contributed by atoms with Gasteiger partial charge < -0.3 is 0 Å². The van der Waals surface area contributed by atoms with E-state index in [4.69, 9.17) is 0 Å². The number of nitrogens with zero attached hydrogens (tertiary/aromatic N) is 2. The number of allylic oxidation sites excluding steroid dienone is 2. The molecule has 1 saturated carbocycles. The van der Waals surface area contributed by atoms with E-state index in [-0.39, 0.29) is 0 Å². The molecule has 0 aromatic heterocycles. The lowest BCUT2D eigenvalue weighted by molar-refractivity contribution is 0.945. The molecular weight excluding hydrogens is 124 g/mol. The van der Waals surface area contributed by atoms with E-state index in [9.17, 15) is 0 Å². The van der Waals surface area contributed by atoms with E-state index in [0.717, 1.165) is 24.1 Å². The average molecular weight is 132 g/mol. The average Bonchev–Trinajstić information content (AvgIpc) is 2.52. The minimum absolute atomic E-state index is 0.816. The Morgan fingerprint density at radius 3 is 3.20 bits per heavy atom. The number of fused-ring (bicyclic) bond motifs is 2. The van der Waals surface area contributed by atoms with Crippen LogP contribution in [0.5, 0.6) is 0 Å². The van der Waals surface area contributed by atoms with E-state index in [0.29, 0.717) is 0 Å². The number of hydrogen-bond acceptors (Lipinski definition) is 2. The topological polar surface area (TPSA) is 24.7 Å². The Morgan fingerprint density at radius 2 is 2.20 bits per heavy atom. The van der Waals surface area contributed by atoms with Crippen LogP contribution in [0, 0.1) is 11.8 Å². The van der Waals surface area contributed by atoms with Gasteiger partial charge in [0.1, 0.15) is 0 Å². The second-order valence-corrected chi connectivity index (χ2v) is 3.21. The first-order valence-electron chi connectivity index (χ1n) is 3.74. The van der Waals surface area contributed by atoms with Gasteiger partial charge in [0.05, 0.1) is 12.2 Å². The Bertz CT molecular complexity index is 273. The molecule has 0 spiro atoms. The molecule has 3 rings (SSSR count). The Kier molecular flexibility index (Phi) is 0.670. The van der Waals surface area contributed by atoms with Gasteiger partial charge in [-0.3, -0.25) is 0 Å². The van der Waals surface area contributed by atoms with E-state index in [1.165, 1.54) is 12.0 Å². The van der Waals surface area contributed by atoms with Crippen molar-refractivity contribution in [3.8, 4) is 0 Å². The molecule has 2 nitrogen and oxygen atoms in total. The zero-order chi connectivity index (χ0) is 6.55. The van der Waals surface area contributed by atoms with Crippen LogP contribution < -0.4 is 0 Å². The van der Waals surface area contributed by atoms with Crippen molar-refractivity contribution in [3.05, 3.63) is 23.4 Å². The lowest BCUT2D eigenvalue weighted by Crippen LogP contribution is -1.92. The zero-order valence-corrected chi connectivity index (χ0v) is 5.62. The molecule has 2 atom stereocenters. The molecule has 2 unspecified atom stereocenters. The molecular formula is C8H8N2. The van der Waals surface area contributed by atoms with Crippen molar-refractivity contribution in [2.75, 3.05) is 6.54 Å². The number of rotatable bonds is 0. The standard InChI is InChI=1S/C8H8N2/c1-5-2-7-4-9-10-8(7)3-6(1)5/h2-3,5-6H,1,4H2. The fourth-order valence-electron chi connectivity index (χ4n) is 1.69. The Balaban J connectivity index is 2.12. The molecule has 50 valence electrons. The largest absolute Gasteiger partial charge is 0.184 e. The van der Waals surface area contributed by atoms with Gasteiger partial charge in [-0.2, -0.15) is 10.2 Å². The van der Waals surface area contributed by atoms with Crippen molar-refractivity contribution < 1.29 is 0 Å². The summed E-state index contributed by atoms with van der Waals surface area (Å²) in [6.07, 6.45) is 5.97. The monoisotopic (exact) mass is 132 g/mol. The van der Waals surface area contributed by atoms with Crippen molar-refractivity contribution >= 4 is 0 Å². The third-order valence-electron chi connectivity index (χ3n) is 2.43. The van der Waals surface area contributed by atoms with E-state index in [1.54, 1.807) is 0 Å². The molecule has 0 saturated heterocycles. The summed E-state index contributed by atoms with van der Waals surface area (Å²) in [6, 6.07) is 0. The van der Waals surface area contributed by atoms with Gasteiger partial charge in [-0.25, -0.2) is 0 Å². The molecule has 10 heavy (non-hydrogen) atoms. The number of hydrogen-bond donors (Lipinski definition) is 0. The number of azo groups is 1. The summed E-state index contributed by atoms with van der Waals surface area (Å²) in [6.45, 7) is 0.828. The molecule has 0 aromatic rings. The summed E-state index contributed by atoms with van der Waals surface area (Å²) in [7, 11) is 0. The van der Waals surface area contributed by atoms with Gasteiger partial charge in [-0.15, -0.1) is 0 Å². The minimum atomic E-state index is 0.816. The van der Waals surface area contributed by atoms with E-state index >= 15 is 0 Å².